The fourth-order valence-corrected chi connectivity index (χ4v) is 3.01. The molecule has 0 bridgehead atoms. The van der Waals surface area contributed by atoms with Crippen LogP contribution in [0.25, 0.3) is 6.08 Å². The Bertz CT molecular complexity index is 1330. The van der Waals surface area contributed by atoms with Crippen molar-refractivity contribution < 1.29 is 19.1 Å². The molecule has 9 heteroatoms. The molecule has 168 valence electrons. The normalized spacial score (nSPS) is 10.6. The number of ether oxygens (including phenoxy) is 1. The van der Waals surface area contributed by atoms with Crippen LogP contribution in [0.15, 0.2) is 97.6 Å². The molecule has 0 fully saturated rings. The summed E-state index contributed by atoms with van der Waals surface area (Å²) in [5, 5.41) is 9.94. The van der Waals surface area contributed by atoms with E-state index in [1.807, 2.05) is 6.07 Å². The summed E-state index contributed by atoms with van der Waals surface area (Å²) < 4.78 is 6.80. The van der Waals surface area contributed by atoms with E-state index in [0.717, 1.165) is 0 Å². The summed E-state index contributed by atoms with van der Waals surface area (Å²) in [6.07, 6.45) is 5.50. The van der Waals surface area contributed by atoms with Crippen LogP contribution >= 0.6 is 0 Å². The summed E-state index contributed by atoms with van der Waals surface area (Å²) in [5.41, 5.74) is 4.13. The van der Waals surface area contributed by atoms with Gasteiger partial charge in [-0.3, -0.25) is 15.0 Å². The Morgan fingerprint density at radius 2 is 1.50 bits per heavy atom. The Hall–Kier alpha value is -5.05. The minimum absolute atomic E-state index is 0.259. The van der Waals surface area contributed by atoms with Crippen molar-refractivity contribution in [1.29, 1.82) is 0 Å². The first-order chi connectivity index (χ1) is 16.6. The summed E-state index contributed by atoms with van der Waals surface area (Å²) in [6, 6.07) is 22.1. The number of rotatable bonds is 7. The molecule has 2 N–H and O–H groups in total. The van der Waals surface area contributed by atoms with Crippen molar-refractivity contribution >= 4 is 29.5 Å². The summed E-state index contributed by atoms with van der Waals surface area (Å²) >= 11 is 0. The number of aromatic nitrogens is 3. The van der Waals surface area contributed by atoms with Gasteiger partial charge in [0.15, 0.2) is 0 Å². The third-order valence-electron chi connectivity index (χ3n) is 4.62. The topological polar surface area (TPSA) is 115 Å². The number of amides is 2. The first-order valence-electron chi connectivity index (χ1n) is 10.2. The van der Waals surface area contributed by atoms with Crippen molar-refractivity contribution in [3.8, 4) is 5.75 Å². The van der Waals surface area contributed by atoms with Crippen LogP contribution in [-0.2, 0) is 4.79 Å². The molecular formula is C25H19N5O4. The third-order valence-corrected chi connectivity index (χ3v) is 4.62. The van der Waals surface area contributed by atoms with E-state index in [2.05, 4.69) is 20.9 Å². The van der Waals surface area contributed by atoms with Crippen molar-refractivity contribution in [1.82, 2.24) is 14.9 Å². The average Bonchev–Trinajstić information content (AvgIpc) is 3.37. The van der Waals surface area contributed by atoms with Crippen molar-refractivity contribution in [2.45, 2.75) is 0 Å². The minimum Gasteiger partial charge on any atom is -0.422 e. The van der Waals surface area contributed by atoms with Crippen LogP contribution in [0.1, 0.15) is 26.3 Å². The Kier molecular flexibility index (Phi) is 6.85. The van der Waals surface area contributed by atoms with Crippen molar-refractivity contribution in [2.75, 3.05) is 10.7 Å². The summed E-state index contributed by atoms with van der Waals surface area (Å²) in [5.74, 6) is -1.10. The molecular weight excluding hydrogens is 434 g/mol. The highest BCUT2D eigenvalue weighted by atomic mass is 16.5. The molecule has 4 aromatic rings. The van der Waals surface area contributed by atoms with Crippen molar-refractivity contribution in [3.63, 3.8) is 0 Å². The molecule has 0 radical (unpaired) electrons. The molecule has 0 atom stereocenters. The number of carbonyl (C=O) groups excluding carboxylic acids is 3. The van der Waals surface area contributed by atoms with Gasteiger partial charge in [0.1, 0.15) is 18.4 Å². The molecule has 9 nitrogen and oxygen atoms in total. The maximum atomic E-state index is 12.6. The number of carbonyl (C=O) groups is 3. The maximum Gasteiger partial charge on any atom is 0.343 e. The van der Waals surface area contributed by atoms with Crippen LogP contribution in [0, 0.1) is 0 Å². The molecule has 0 aliphatic rings. The lowest BCUT2D eigenvalue weighted by Crippen LogP contribution is -2.23. The lowest BCUT2D eigenvalue weighted by atomic mass is 10.1. The van der Waals surface area contributed by atoms with Crippen LogP contribution < -0.4 is 15.5 Å². The zero-order valence-corrected chi connectivity index (χ0v) is 17.8. The van der Waals surface area contributed by atoms with Crippen LogP contribution in [0.4, 0.5) is 5.69 Å². The summed E-state index contributed by atoms with van der Waals surface area (Å²) in [7, 11) is 0. The van der Waals surface area contributed by atoms with Gasteiger partial charge in [0.25, 0.3) is 5.91 Å². The lowest BCUT2D eigenvalue weighted by molar-refractivity contribution is -0.111. The molecule has 0 aliphatic heterocycles. The Balaban J connectivity index is 1.45. The van der Waals surface area contributed by atoms with E-state index in [1.54, 1.807) is 72.8 Å². The highest BCUT2D eigenvalue weighted by Gasteiger charge is 2.13. The number of anilines is 1. The maximum absolute atomic E-state index is 12.6. The van der Waals surface area contributed by atoms with E-state index in [-0.39, 0.29) is 5.56 Å². The van der Waals surface area contributed by atoms with Crippen molar-refractivity contribution in [3.05, 3.63) is 114 Å². The largest absolute Gasteiger partial charge is 0.422 e. The fraction of sp³-hybridized carbons (Fsp3) is 0. The molecule has 2 amide bonds. The van der Waals surface area contributed by atoms with E-state index in [9.17, 15) is 14.4 Å². The smallest absolute Gasteiger partial charge is 0.343 e. The Labute approximate surface area is 194 Å². The van der Waals surface area contributed by atoms with E-state index in [4.69, 9.17) is 4.74 Å². The summed E-state index contributed by atoms with van der Waals surface area (Å²) in [4.78, 5) is 37.5. The van der Waals surface area contributed by atoms with Gasteiger partial charge in [-0.15, -0.1) is 10.2 Å². The van der Waals surface area contributed by atoms with Crippen molar-refractivity contribution in [2.24, 2.45) is 0 Å². The molecule has 1 heterocycles. The molecule has 0 unspecified atom stereocenters. The number of para-hydroxylation sites is 2. The first kappa shape index (κ1) is 22.2. The monoisotopic (exact) mass is 453 g/mol. The van der Waals surface area contributed by atoms with Crippen LogP contribution in [0.2, 0.25) is 0 Å². The van der Waals surface area contributed by atoms with Gasteiger partial charge >= 0.3 is 5.97 Å². The van der Waals surface area contributed by atoms with Gasteiger partial charge in [-0.1, -0.05) is 48.5 Å². The number of hydrogen-bond acceptors (Lipinski definition) is 6. The van der Waals surface area contributed by atoms with E-state index >= 15 is 0 Å². The van der Waals surface area contributed by atoms with Gasteiger partial charge in [0, 0.05) is 11.6 Å². The number of nitrogens with one attached hydrogen (secondary N) is 2. The van der Waals surface area contributed by atoms with E-state index < -0.39 is 17.8 Å². The van der Waals surface area contributed by atoms with Gasteiger partial charge in [-0.25, -0.2) is 9.47 Å². The van der Waals surface area contributed by atoms with Crippen LogP contribution in [0.3, 0.4) is 0 Å². The fourth-order valence-electron chi connectivity index (χ4n) is 3.01. The van der Waals surface area contributed by atoms with Gasteiger partial charge in [-0.05, 0) is 36.4 Å². The molecule has 0 aliphatic carbocycles. The lowest BCUT2D eigenvalue weighted by Gasteiger charge is -2.10. The number of nitrogens with zero attached hydrogens (tertiary/aromatic N) is 3. The number of benzene rings is 3. The second-order valence-corrected chi connectivity index (χ2v) is 6.97. The number of hydrogen-bond donors (Lipinski definition) is 2. The quantitative estimate of drug-likeness (QED) is 0.251. The number of esters is 1. The molecule has 0 spiro atoms. The first-order valence-corrected chi connectivity index (χ1v) is 10.2. The molecule has 4 rings (SSSR count). The summed E-state index contributed by atoms with van der Waals surface area (Å²) in [6.45, 7) is 0. The second-order valence-electron chi connectivity index (χ2n) is 6.97. The molecule has 3 aromatic carbocycles. The van der Waals surface area contributed by atoms with E-state index in [0.29, 0.717) is 22.6 Å². The third kappa shape index (κ3) is 5.60. The SMILES string of the molecule is O=C(/C=C/c1ccccc1OC(=O)c1ccccc1)Nc1ccccc1C(=O)Nn1cnnc1. The molecule has 0 saturated heterocycles. The zero-order valence-electron chi connectivity index (χ0n) is 17.8. The van der Waals surface area contributed by atoms with E-state index in [1.165, 1.54) is 29.5 Å². The Morgan fingerprint density at radius 3 is 2.29 bits per heavy atom. The van der Waals surface area contributed by atoms with Crippen LogP contribution in [-0.4, -0.2) is 32.7 Å². The molecule has 0 saturated carbocycles. The van der Waals surface area contributed by atoms with Gasteiger partial charge in [0.2, 0.25) is 5.91 Å². The van der Waals surface area contributed by atoms with Crippen LogP contribution in [0.5, 0.6) is 5.75 Å². The highest BCUT2D eigenvalue weighted by Crippen LogP contribution is 2.21. The predicted octanol–water partition coefficient (Wildman–Crippen LogP) is 3.53. The molecule has 34 heavy (non-hydrogen) atoms. The standard InChI is InChI=1S/C25H19N5O4/c31-23(28-21-12-6-5-11-20(21)24(32)29-30-16-26-27-17-30)15-14-18-8-4-7-13-22(18)34-25(33)19-9-2-1-3-10-19/h1-17H,(H,28,31)(H,29,32)/b15-14+. The molecule has 1 aromatic heterocycles. The average molecular weight is 453 g/mol. The van der Waals surface area contributed by atoms with Gasteiger partial charge < -0.3 is 10.1 Å². The van der Waals surface area contributed by atoms with Gasteiger partial charge in [-0.2, -0.15) is 0 Å². The highest BCUT2D eigenvalue weighted by molar-refractivity contribution is 6.09. The van der Waals surface area contributed by atoms with Gasteiger partial charge in [0.05, 0.1) is 16.8 Å². The second kappa shape index (κ2) is 10.5. The zero-order chi connectivity index (χ0) is 23.8. The minimum atomic E-state index is -0.501. The predicted molar refractivity (Wildman–Crippen MR) is 126 cm³/mol. The Morgan fingerprint density at radius 1 is 0.824 bits per heavy atom.